The highest BCUT2D eigenvalue weighted by Gasteiger charge is 2.10. The third-order valence-electron chi connectivity index (χ3n) is 2.14. The number of benzene rings is 1. The van der Waals surface area contributed by atoms with Crippen LogP contribution in [0.4, 0.5) is 0 Å². The molecule has 1 N–H and O–H groups in total. The van der Waals surface area contributed by atoms with Crippen molar-refractivity contribution in [2.75, 3.05) is 0 Å². The molecule has 86 valence electrons. The Labute approximate surface area is 97.7 Å². The van der Waals surface area contributed by atoms with Crippen LogP contribution in [0.15, 0.2) is 36.5 Å². The standard InChI is InChI=1S/C12H10N2O3/c1-8-10(11(15)16)7-13-12(14-8)17-9-5-3-2-4-6-9/h2-7H,1H3,(H,15,16). The Morgan fingerprint density at radius 2 is 2.00 bits per heavy atom. The molecule has 0 bridgehead atoms. The SMILES string of the molecule is Cc1nc(Oc2ccccc2)ncc1C(=O)O. The smallest absolute Gasteiger partial charge is 0.339 e. The lowest BCUT2D eigenvalue weighted by Gasteiger charge is -2.05. The fourth-order valence-corrected chi connectivity index (χ4v) is 1.30. The van der Waals surface area contributed by atoms with Crippen molar-refractivity contribution in [3.63, 3.8) is 0 Å². The molecular weight excluding hydrogens is 220 g/mol. The van der Waals surface area contributed by atoms with Crippen LogP contribution in [0.1, 0.15) is 16.1 Å². The summed E-state index contributed by atoms with van der Waals surface area (Å²) >= 11 is 0. The van der Waals surface area contributed by atoms with Gasteiger partial charge in [0, 0.05) is 6.20 Å². The lowest BCUT2D eigenvalue weighted by atomic mass is 10.2. The van der Waals surface area contributed by atoms with E-state index in [1.54, 1.807) is 19.1 Å². The summed E-state index contributed by atoms with van der Waals surface area (Å²) in [6.45, 7) is 1.60. The van der Waals surface area contributed by atoms with E-state index in [0.717, 1.165) is 0 Å². The molecule has 0 amide bonds. The predicted molar refractivity (Wildman–Crippen MR) is 60.2 cm³/mol. The minimum atomic E-state index is -1.05. The number of carboxylic acids is 1. The first-order valence-corrected chi connectivity index (χ1v) is 4.96. The minimum absolute atomic E-state index is 0.0745. The van der Waals surface area contributed by atoms with Crippen LogP contribution in [0.2, 0.25) is 0 Å². The van der Waals surface area contributed by atoms with Crippen molar-refractivity contribution < 1.29 is 14.6 Å². The molecule has 1 heterocycles. The summed E-state index contributed by atoms with van der Waals surface area (Å²) in [6, 6.07) is 9.19. The summed E-state index contributed by atoms with van der Waals surface area (Å²) in [5.74, 6) is -0.441. The van der Waals surface area contributed by atoms with Gasteiger partial charge in [-0.05, 0) is 19.1 Å². The highest BCUT2D eigenvalue weighted by molar-refractivity contribution is 5.88. The van der Waals surface area contributed by atoms with E-state index < -0.39 is 5.97 Å². The van der Waals surface area contributed by atoms with E-state index in [4.69, 9.17) is 9.84 Å². The minimum Gasteiger partial charge on any atom is -0.478 e. The van der Waals surface area contributed by atoms with Crippen molar-refractivity contribution in [1.82, 2.24) is 9.97 Å². The lowest BCUT2D eigenvalue weighted by molar-refractivity contribution is 0.0695. The quantitative estimate of drug-likeness (QED) is 0.875. The van der Waals surface area contributed by atoms with Crippen molar-refractivity contribution in [3.05, 3.63) is 47.8 Å². The molecule has 17 heavy (non-hydrogen) atoms. The Balaban J connectivity index is 2.24. The van der Waals surface area contributed by atoms with Gasteiger partial charge in [-0.3, -0.25) is 0 Å². The summed E-state index contributed by atoms with van der Waals surface area (Å²) in [7, 11) is 0. The number of aromatic nitrogens is 2. The zero-order valence-electron chi connectivity index (χ0n) is 9.12. The Bertz CT molecular complexity index is 541. The number of aryl methyl sites for hydroxylation is 1. The summed E-state index contributed by atoms with van der Waals surface area (Å²) in [5.41, 5.74) is 0.448. The fraction of sp³-hybridized carbons (Fsp3) is 0.0833. The highest BCUT2D eigenvalue weighted by atomic mass is 16.5. The molecule has 0 aliphatic rings. The summed E-state index contributed by atoms with van der Waals surface area (Å²) in [5, 5.41) is 8.83. The van der Waals surface area contributed by atoms with Gasteiger partial charge >= 0.3 is 12.0 Å². The van der Waals surface area contributed by atoms with Gasteiger partial charge in [0.25, 0.3) is 0 Å². The largest absolute Gasteiger partial charge is 0.478 e. The summed E-state index contributed by atoms with van der Waals surface area (Å²) in [4.78, 5) is 18.6. The fourth-order valence-electron chi connectivity index (χ4n) is 1.30. The van der Waals surface area contributed by atoms with E-state index in [0.29, 0.717) is 11.4 Å². The molecule has 0 atom stereocenters. The van der Waals surface area contributed by atoms with E-state index in [1.165, 1.54) is 6.20 Å². The van der Waals surface area contributed by atoms with Crippen LogP contribution in [-0.2, 0) is 0 Å². The van der Waals surface area contributed by atoms with Gasteiger partial charge in [0.05, 0.1) is 11.3 Å². The number of nitrogens with zero attached hydrogens (tertiary/aromatic N) is 2. The molecule has 0 aliphatic heterocycles. The number of rotatable bonds is 3. The molecule has 0 unspecified atom stereocenters. The summed E-state index contributed by atoms with van der Waals surface area (Å²) < 4.78 is 5.38. The first kappa shape index (κ1) is 11.1. The van der Waals surface area contributed by atoms with E-state index in [2.05, 4.69) is 9.97 Å². The maximum absolute atomic E-state index is 10.8. The maximum atomic E-state index is 10.8. The first-order chi connectivity index (χ1) is 8.16. The third kappa shape index (κ3) is 2.57. The molecule has 0 radical (unpaired) electrons. The number of carboxylic acid groups (broad SMARTS) is 1. The average Bonchev–Trinajstić information content (AvgIpc) is 2.30. The molecule has 5 nitrogen and oxygen atoms in total. The molecule has 0 spiro atoms. The molecule has 1 aromatic carbocycles. The van der Waals surface area contributed by atoms with Gasteiger partial charge < -0.3 is 9.84 Å². The van der Waals surface area contributed by atoms with Crippen LogP contribution in [0.5, 0.6) is 11.8 Å². The van der Waals surface area contributed by atoms with E-state index in [9.17, 15) is 4.79 Å². The van der Waals surface area contributed by atoms with Gasteiger partial charge in [0.1, 0.15) is 5.75 Å². The van der Waals surface area contributed by atoms with E-state index in [-0.39, 0.29) is 11.6 Å². The molecule has 0 aliphatic carbocycles. The van der Waals surface area contributed by atoms with Crippen molar-refractivity contribution in [2.24, 2.45) is 0 Å². The molecular formula is C12H10N2O3. The number of para-hydroxylation sites is 1. The molecule has 2 rings (SSSR count). The normalized spacial score (nSPS) is 9.94. The number of ether oxygens (including phenoxy) is 1. The van der Waals surface area contributed by atoms with Crippen LogP contribution in [0.25, 0.3) is 0 Å². The lowest BCUT2D eigenvalue weighted by Crippen LogP contribution is -2.04. The van der Waals surface area contributed by atoms with Crippen molar-refractivity contribution in [1.29, 1.82) is 0 Å². The zero-order valence-corrected chi connectivity index (χ0v) is 9.12. The van der Waals surface area contributed by atoms with Gasteiger partial charge in [-0.2, -0.15) is 4.98 Å². The number of carbonyl (C=O) groups is 1. The predicted octanol–water partition coefficient (Wildman–Crippen LogP) is 2.28. The molecule has 5 heteroatoms. The Morgan fingerprint density at radius 1 is 1.29 bits per heavy atom. The monoisotopic (exact) mass is 230 g/mol. The Hall–Kier alpha value is -2.43. The maximum Gasteiger partial charge on any atom is 0.339 e. The van der Waals surface area contributed by atoms with Gasteiger partial charge in [0.2, 0.25) is 0 Å². The topological polar surface area (TPSA) is 72.3 Å². The summed E-state index contributed by atoms with van der Waals surface area (Å²) in [6.07, 6.45) is 1.24. The van der Waals surface area contributed by atoms with Crippen LogP contribution in [-0.4, -0.2) is 21.0 Å². The first-order valence-electron chi connectivity index (χ1n) is 4.96. The Kier molecular flexibility index (Phi) is 3.00. The van der Waals surface area contributed by atoms with Gasteiger partial charge in [-0.15, -0.1) is 0 Å². The Morgan fingerprint density at radius 3 is 2.59 bits per heavy atom. The zero-order chi connectivity index (χ0) is 12.3. The number of hydrogen-bond donors (Lipinski definition) is 1. The van der Waals surface area contributed by atoms with Crippen molar-refractivity contribution in [3.8, 4) is 11.8 Å². The van der Waals surface area contributed by atoms with Crippen molar-refractivity contribution in [2.45, 2.75) is 6.92 Å². The van der Waals surface area contributed by atoms with Gasteiger partial charge in [0.15, 0.2) is 0 Å². The van der Waals surface area contributed by atoms with E-state index >= 15 is 0 Å². The third-order valence-corrected chi connectivity index (χ3v) is 2.14. The van der Waals surface area contributed by atoms with Crippen LogP contribution in [0, 0.1) is 6.92 Å². The molecule has 2 aromatic rings. The highest BCUT2D eigenvalue weighted by Crippen LogP contribution is 2.17. The molecule has 0 saturated carbocycles. The van der Waals surface area contributed by atoms with Crippen LogP contribution < -0.4 is 4.74 Å². The second kappa shape index (κ2) is 4.61. The van der Waals surface area contributed by atoms with Crippen LogP contribution >= 0.6 is 0 Å². The van der Waals surface area contributed by atoms with Gasteiger partial charge in [-0.25, -0.2) is 9.78 Å². The van der Waals surface area contributed by atoms with Crippen LogP contribution in [0.3, 0.4) is 0 Å². The van der Waals surface area contributed by atoms with Crippen molar-refractivity contribution >= 4 is 5.97 Å². The number of hydrogen-bond acceptors (Lipinski definition) is 4. The molecule has 1 aromatic heterocycles. The number of aromatic carboxylic acids is 1. The second-order valence-electron chi connectivity index (χ2n) is 3.37. The molecule has 0 fully saturated rings. The van der Waals surface area contributed by atoms with E-state index in [1.807, 2.05) is 18.2 Å². The molecule has 0 saturated heterocycles. The average molecular weight is 230 g/mol. The second-order valence-corrected chi connectivity index (χ2v) is 3.37. The van der Waals surface area contributed by atoms with Gasteiger partial charge in [-0.1, -0.05) is 18.2 Å².